The van der Waals surface area contributed by atoms with Crippen LogP contribution in [-0.2, 0) is 0 Å². The molecular formula is C31H31N3O2. The van der Waals surface area contributed by atoms with Gasteiger partial charge in [0.25, 0.3) is 0 Å². The molecule has 0 atom stereocenters. The first kappa shape index (κ1) is 22.6. The number of piperazine rings is 1. The predicted octanol–water partition coefficient (Wildman–Crippen LogP) is 6.03. The molecule has 0 unspecified atom stereocenters. The number of ether oxygens (including phenoxy) is 1. The van der Waals surface area contributed by atoms with Gasteiger partial charge in [0.15, 0.2) is 0 Å². The van der Waals surface area contributed by atoms with E-state index in [1.54, 1.807) is 4.90 Å². The number of hydrogen-bond acceptors (Lipinski definition) is 4. The Morgan fingerprint density at radius 1 is 0.778 bits per heavy atom. The summed E-state index contributed by atoms with van der Waals surface area (Å²) in [5.41, 5.74) is 3.75. The van der Waals surface area contributed by atoms with Gasteiger partial charge in [-0.1, -0.05) is 66.7 Å². The van der Waals surface area contributed by atoms with Crippen molar-refractivity contribution in [3.63, 3.8) is 0 Å². The molecule has 5 heteroatoms. The number of rotatable bonds is 3. The third kappa shape index (κ3) is 4.42. The minimum Gasteiger partial charge on any atom is -0.410 e. The normalized spacial score (nSPS) is 16.9. The molecule has 0 aliphatic carbocycles. The first-order valence-corrected chi connectivity index (χ1v) is 12.8. The third-order valence-electron chi connectivity index (χ3n) is 7.48. The lowest BCUT2D eigenvalue weighted by atomic mass is 9.94. The maximum absolute atomic E-state index is 13.0. The number of carbonyl (C=O) groups excluding carboxylic acids is 1. The van der Waals surface area contributed by atoms with Crippen molar-refractivity contribution in [1.82, 2.24) is 9.80 Å². The second-order valence-corrected chi connectivity index (χ2v) is 9.77. The standard InChI is InChI=1S/C31H31N3O2/c1-32-18-20-33(21-19-32)30-11-5-8-24-12-13-26(22-29(24)30)36-31(35)34-16-14-25(15-17-34)28-10-4-7-23-6-2-3-9-27(23)28/h2-14,22H,15-21H2,1H3. The Bertz CT molecular complexity index is 1450. The fourth-order valence-corrected chi connectivity index (χ4v) is 5.37. The van der Waals surface area contributed by atoms with Crippen LogP contribution in [0.1, 0.15) is 12.0 Å². The highest BCUT2D eigenvalue weighted by Gasteiger charge is 2.21. The van der Waals surface area contributed by atoms with E-state index in [0.717, 1.165) is 43.4 Å². The molecule has 1 amide bonds. The van der Waals surface area contributed by atoms with Gasteiger partial charge < -0.3 is 19.4 Å². The molecule has 36 heavy (non-hydrogen) atoms. The number of anilines is 1. The first-order valence-electron chi connectivity index (χ1n) is 12.8. The lowest BCUT2D eigenvalue weighted by Crippen LogP contribution is -2.44. The Kier molecular flexibility index (Phi) is 6.08. The van der Waals surface area contributed by atoms with Crippen LogP contribution in [0.5, 0.6) is 5.75 Å². The summed E-state index contributed by atoms with van der Waals surface area (Å²) in [7, 11) is 2.17. The van der Waals surface area contributed by atoms with Crippen molar-refractivity contribution >= 4 is 38.9 Å². The lowest BCUT2D eigenvalue weighted by Gasteiger charge is -2.34. The summed E-state index contributed by atoms with van der Waals surface area (Å²) in [6.45, 7) is 5.30. The average molecular weight is 478 g/mol. The molecule has 182 valence electrons. The maximum Gasteiger partial charge on any atom is 0.415 e. The van der Waals surface area contributed by atoms with Gasteiger partial charge in [0.1, 0.15) is 5.75 Å². The zero-order valence-corrected chi connectivity index (χ0v) is 20.7. The van der Waals surface area contributed by atoms with Crippen molar-refractivity contribution in [2.45, 2.75) is 6.42 Å². The van der Waals surface area contributed by atoms with E-state index in [2.05, 4.69) is 83.6 Å². The molecule has 0 saturated carbocycles. The van der Waals surface area contributed by atoms with Gasteiger partial charge in [-0.05, 0) is 59.0 Å². The quantitative estimate of drug-likeness (QED) is 0.361. The smallest absolute Gasteiger partial charge is 0.410 e. The Morgan fingerprint density at radius 3 is 2.33 bits per heavy atom. The maximum atomic E-state index is 13.0. The van der Waals surface area contributed by atoms with Gasteiger partial charge in [-0.2, -0.15) is 0 Å². The van der Waals surface area contributed by atoms with Gasteiger partial charge in [-0.25, -0.2) is 4.79 Å². The molecule has 2 aliphatic heterocycles. The van der Waals surface area contributed by atoms with Crippen molar-refractivity contribution in [2.24, 2.45) is 0 Å². The van der Waals surface area contributed by atoms with Crippen molar-refractivity contribution < 1.29 is 9.53 Å². The Morgan fingerprint density at radius 2 is 1.53 bits per heavy atom. The summed E-state index contributed by atoms with van der Waals surface area (Å²) in [4.78, 5) is 19.6. The molecule has 6 rings (SSSR count). The van der Waals surface area contributed by atoms with E-state index in [4.69, 9.17) is 4.74 Å². The van der Waals surface area contributed by atoms with Gasteiger partial charge in [0.2, 0.25) is 0 Å². The molecular weight excluding hydrogens is 446 g/mol. The summed E-state index contributed by atoms with van der Waals surface area (Å²) in [5.74, 6) is 0.595. The fraction of sp³-hybridized carbons (Fsp3) is 0.258. The van der Waals surface area contributed by atoms with Crippen molar-refractivity contribution in [3.8, 4) is 5.75 Å². The van der Waals surface area contributed by atoms with Crippen LogP contribution in [0.4, 0.5) is 10.5 Å². The Balaban J connectivity index is 1.18. The highest BCUT2D eigenvalue weighted by molar-refractivity contribution is 5.96. The van der Waals surface area contributed by atoms with E-state index in [1.165, 1.54) is 27.6 Å². The Hall–Kier alpha value is -3.83. The van der Waals surface area contributed by atoms with E-state index in [9.17, 15) is 4.79 Å². The van der Waals surface area contributed by atoms with Crippen molar-refractivity contribution in [2.75, 3.05) is 51.2 Å². The van der Waals surface area contributed by atoms with Crippen LogP contribution in [0.3, 0.4) is 0 Å². The highest BCUT2D eigenvalue weighted by Crippen LogP contribution is 2.32. The zero-order valence-electron chi connectivity index (χ0n) is 20.7. The monoisotopic (exact) mass is 477 g/mol. The van der Waals surface area contributed by atoms with Crippen LogP contribution in [0, 0.1) is 0 Å². The van der Waals surface area contributed by atoms with E-state index < -0.39 is 0 Å². The molecule has 0 radical (unpaired) electrons. The largest absolute Gasteiger partial charge is 0.415 e. The predicted molar refractivity (Wildman–Crippen MR) is 148 cm³/mol. The zero-order chi connectivity index (χ0) is 24.5. The van der Waals surface area contributed by atoms with E-state index in [1.807, 2.05) is 18.2 Å². The fourth-order valence-electron chi connectivity index (χ4n) is 5.37. The van der Waals surface area contributed by atoms with E-state index >= 15 is 0 Å². The van der Waals surface area contributed by atoms with E-state index in [-0.39, 0.29) is 6.09 Å². The summed E-state index contributed by atoms with van der Waals surface area (Å²) in [5, 5.41) is 4.79. The average Bonchev–Trinajstić information content (AvgIpc) is 2.93. The van der Waals surface area contributed by atoms with Gasteiger partial charge in [0, 0.05) is 50.3 Å². The first-order chi connectivity index (χ1) is 17.7. The van der Waals surface area contributed by atoms with Gasteiger partial charge in [-0.3, -0.25) is 0 Å². The lowest BCUT2D eigenvalue weighted by molar-refractivity contribution is 0.157. The number of amides is 1. The molecule has 1 fully saturated rings. The van der Waals surface area contributed by atoms with Gasteiger partial charge in [-0.15, -0.1) is 0 Å². The van der Waals surface area contributed by atoms with Crippen LogP contribution < -0.4 is 9.64 Å². The third-order valence-corrected chi connectivity index (χ3v) is 7.48. The minimum atomic E-state index is -0.292. The number of benzene rings is 4. The molecule has 4 aromatic rings. The Labute approximate surface area is 212 Å². The second-order valence-electron chi connectivity index (χ2n) is 9.77. The topological polar surface area (TPSA) is 36.0 Å². The van der Waals surface area contributed by atoms with Crippen LogP contribution >= 0.6 is 0 Å². The molecule has 0 spiro atoms. The number of carbonyl (C=O) groups is 1. The molecule has 4 aromatic carbocycles. The molecule has 2 aliphatic rings. The minimum absolute atomic E-state index is 0.292. The number of likely N-dealkylation sites (N-methyl/N-ethyl adjacent to an activating group) is 1. The summed E-state index contributed by atoms with van der Waals surface area (Å²) < 4.78 is 5.86. The van der Waals surface area contributed by atoms with Crippen molar-refractivity contribution in [3.05, 3.63) is 90.5 Å². The molecule has 0 aromatic heterocycles. The van der Waals surface area contributed by atoms with Crippen LogP contribution in [0.25, 0.3) is 27.1 Å². The SMILES string of the molecule is CN1CCN(c2cccc3ccc(OC(=O)N4CC=C(c5cccc6ccccc56)CC4)cc23)CC1. The van der Waals surface area contributed by atoms with Crippen LogP contribution in [0.2, 0.25) is 0 Å². The van der Waals surface area contributed by atoms with E-state index in [0.29, 0.717) is 18.8 Å². The number of fused-ring (bicyclic) bond motifs is 2. The van der Waals surface area contributed by atoms with Gasteiger partial charge >= 0.3 is 6.09 Å². The van der Waals surface area contributed by atoms with Gasteiger partial charge in [0.05, 0.1) is 0 Å². The molecule has 1 saturated heterocycles. The number of hydrogen-bond donors (Lipinski definition) is 0. The highest BCUT2D eigenvalue weighted by atomic mass is 16.6. The molecule has 0 N–H and O–H groups in total. The number of nitrogens with zero attached hydrogens (tertiary/aromatic N) is 3. The molecule has 0 bridgehead atoms. The summed E-state index contributed by atoms with van der Waals surface area (Å²) in [6, 6.07) is 27.2. The molecule has 5 nitrogen and oxygen atoms in total. The van der Waals surface area contributed by atoms with Crippen LogP contribution in [-0.4, -0.2) is 62.2 Å². The second kappa shape index (κ2) is 9.67. The van der Waals surface area contributed by atoms with Crippen molar-refractivity contribution in [1.29, 1.82) is 0 Å². The molecule has 2 heterocycles. The van der Waals surface area contributed by atoms with Crippen LogP contribution in [0.15, 0.2) is 84.9 Å². The summed E-state index contributed by atoms with van der Waals surface area (Å²) in [6.07, 6.45) is 2.69. The summed E-state index contributed by atoms with van der Waals surface area (Å²) >= 11 is 0.